The van der Waals surface area contributed by atoms with Crippen LogP contribution in [0.3, 0.4) is 0 Å². The van der Waals surface area contributed by atoms with Gasteiger partial charge in [0, 0.05) is 7.05 Å². The number of esters is 1. The van der Waals surface area contributed by atoms with E-state index in [1.165, 1.54) is 19.1 Å². The van der Waals surface area contributed by atoms with E-state index < -0.39 is 50.2 Å². The molecule has 17 heteroatoms. The van der Waals surface area contributed by atoms with Crippen LogP contribution >= 0.6 is 7.75 Å². The Labute approximate surface area is 227 Å². The van der Waals surface area contributed by atoms with Crippen LogP contribution in [0.25, 0.3) is 11.2 Å². The molecule has 1 saturated heterocycles. The van der Waals surface area contributed by atoms with Gasteiger partial charge in [0.15, 0.2) is 35.0 Å². The van der Waals surface area contributed by atoms with Crippen LogP contribution in [0, 0.1) is 0 Å². The molecule has 0 amide bonds. The Hall–Kier alpha value is -3.43. The summed E-state index contributed by atoms with van der Waals surface area (Å²) >= 11 is 0. The zero-order chi connectivity index (χ0) is 29.3. The van der Waals surface area contributed by atoms with Crippen molar-refractivity contribution in [1.29, 1.82) is 0 Å². The average molecular weight is 586 g/mol. The topological polar surface area (TPSA) is 185 Å². The molecule has 1 aliphatic heterocycles. The number of nitrogens with zero attached hydrogens (tertiary/aromatic N) is 4. The number of carbonyl (C=O) groups excluding carboxylic acids is 1. The Bertz CT molecular complexity index is 1410. The Balaban J connectivity index is 1.61. The number of imidazole rings is 1. The van der Waals surface area contributed by atoms with E-state index in [1.54, 1.807) is 32.2 Å². The molecule has 0 bridgehead atoms. The largest absolute Gasteiger partial charge is 0.465 e. The highest BCUT2D eigenvalue weighted by Crippen LogP contribution is 2.52. The van der Waals surface area contributed by atoms with Gasteiger partial charge in [0.05, 0.1) is 12.9 Å². The molecule has 218 valence electrons. The molecule has 1 aromatic carbocycles. The number of benzene rings is 1. The van der Waals surface area contributed by atoms with Crippen LogP contribution in [0.5, 0.6) is 5.75 Å². The Morgan fingerprint density at radius 1 is 1.32 bits per heavy atom. The number of fused-ring (bicyclic) bond motifs is 1. The number of nitrogen functional groups attached to an aromatic ring is 1. The number of hydrogen-bond acceptors (Lipinski definition) is 12. The molecule has 4 rings (SSSR count). The lowest BCUT2D eigenvalue weighted by Gasteiger charge is -2.28. The summed E-state index contributed by atoms with van der Waals surface area (Å²) in [7, 11) is -2.98. The number of alkyl halides is 2. The van der Waals surface area contributed by atoms with Gasteiger partial charge in [-0.1, -0.05) is 18.2 Å². The van der Waals surface area contributed by atoms with Crippen LogP contribution in [0.4, 0.5) is 20.5 Å². The summed E-state index contributed by atoms with van der Waals surface area (Å²) in [6.07, 6.45) is -3.10. The smallest absolute Gasteiger partial charge is 0.459 e. The number of aliphatic hydroxyl groups excluding tert-OH is 1. The monoisotopic (exact) mass is 585 g/mol. The van der Waals surface area contributed by atoms with Crippen molar-refractivity contribution in [3.63, 3.8) is 0 Å². The van der Waals surface area contributed by atoms with Crippen LogP contribution in [0.15, 0.2) is 36.7 Å². The van der Waals surface area contributed by atoms with Gasteiger partial charge in [-0.05, 0) is 32.9 Å². The third-order valence-corrected chi connectivity index (χ3v) is 7.68. The second-order valence-corrected chi connectivity index (χ2v) is 10.8. The summed E-state index contributed by atoms with van der Waals surface area (Å²) in [6.45, 7) is 2.62. The fourth-order valence-corrected chi connectivity index (χ4v) is 5.59. The summed E-state index contributed by atoms with van der Waals surface area (Å²) in [5, 5.41) is 15.9. The van der Waals surface area contributed by atoms with E-state index in [-0.39, 0.29) is 35.3 Å². The molecular formula is C23H30F2N7O7P. The maximum absolute atomic E-state index is 16.1. The molecule has 6 atom stereocenters. The standard InChI is InChI=1S/C23H30F2N7O7P/c1-5-36-18(33)13(2)31-40(35,39-14-9-7-6-8-10-14)37-11-23(25)19(34)22(3,24)20(38-23)32-12-28-15-16(27-4)29-21(26)30-17(15)32/h6-10,12-13,19-20,34H,5,11H2,1-4H3,(H,31,35)(H3,26,27,29,30)/t13-,19-,20+,22+,23+,40?/m0/s1. The lowest BCUT2D eigenvalue weighted by Crippen LogP contribution is -2.47. The highest BCUT2D eigenvalue weighted by atomic mass is 31.2. The fraction of sp³-hybridized carbons (Fsp3) is 0.478. The summed E-state index contributed by atoms with van der Waals surface area (Å²) in [6, 6.07) is 6.53. The molecule has 40 heavy (non-hydrogen) atoms. The maximum atomic E-state index is 16.1. The van der Waals surface area contributed by atoms with Gasteiger partial charge in [-0.15, -0.1) is 0 Å². The number of carbonyl (C=O) groups is 1. The number of para-hydroxylation sites is 1. The lowest BCUT2D eigenvalue weighted by molar-refractivity contribution is -0.202. The SMILES string of the molecule is CCOC(=O)[C@H](C)NP(=O)(OC[C@@]1(F)O[C@@H](n2cnc3c(NC)nc(N)nc32)[C@](C)(F)[C@@H]1O)Oc1ccccc1. The first-order valence-electron chi connectivity index (χ1n) is 12.2. The van der Waals surface area contributed by atoms with E-state index in [9.17, 15) is 14.5 Å². The van der Waals surface area contributed by atoms with Crippen LogP contribution < -0.4 is 20.7 Å². The number of nitrogens with one attached hydrogen (secondary N) is 2. The Morgan fingerprint density at radius 3 is 2.67 bits per heavy atom. The second-order valence-electron chi connectivity index (χ2n) is 9.09. The van der Waals surface area contributed by atoms with Crippen LogP contribution in [0.2, 0.25) is 0 Å². The molecule has 3 aromatic rings. The predicted octanol–water partition coefficient (Wildman–Crippen LogP) is 2.48. The summed E-state index contributed by atoms with van der Waals surface area (Å²) in [5.41, 5.74) is 3.18. The molecule has 0 saturated carbocycles. The average Bonchev–Trinajstić information content (AvgIpc) is 3.40. The van der Waals surface area contributed by atoms with Crippen molar-refractivity contribution >= 4 is 36.6 Å². The minimum atomic E-state index is -4.54. The molecule has 1 unspecified atom stereocenters. The van der Waals surface area contributed by atoms with Crippen molar-refractivity contribution in [1.82, 2.24) is 24.6 Å². The van der Waals surface area contributed by atoms with E-state index in [4.69, 9.17) is 24.3 Å². The van der Waals surface area contributed by atoms with Crippen molar-refractivity contribution in [3.05, 3.63) is 36.7 Å². The third-order valence-electron chi connectivity index (χ3n) is 6.05. The van der Waals surface area contributed by atoms with E-state index in [1.807, 2.05) is 0 Å². The van der Waals surface area contributed by atoms with Gasteiger partial charge in [-0.2, -0.15) is 15.1 Å². The normalized spacial score (nSPS) is 26.8. The Kier molecular flexibility index (Phi) is 8.28. The highest BCUT2D eigenvalue weighted by Gasteiger charge is 2.65. The first-order chi connectivity index (χ1) is 18.8. The Morgan fingerprint density at radius 2 is 2.02 bits per heavy atom. The number of aromatic nitrogens is 4. The molecule has 0 spiro atoms. The predicted molar refractivity (Wildman–Crippen MR) is 139 cm³/mol. The molecule has 0 radical (unpaired) electrons. The minimum absolute atomic E-state index is 0.00565. The van der Waals surface area contributed by atoms with Gasteiger partial charge in [-0.25, -0.2) is 18.3 Å². The van der Waals surface area contributed by atoms with Gasteiger partial charge in [-0.3, -0.25) is 13.9 Å². The summed E-state index contributed by atoms with van der Waals surface area (Å²) in [5.74, 6) is -3.89. The van der Waals surface area contributed by atoms with Crippen LogP contribution in [-0.4, -0.2) is 74.5 Å². The number of hydrogen-bond donors (Lipinski definition) is 4. The third kappa shape index (κ3) is 5.71. The van der Waals surface area contributed by atoms with Crippen molar-refractivity contribution in [3.8, 4) is 5.75 Å². The molecule has 1 fully saturated rings. The van der Waals surface area contributed by atoms with Gasteiger partial charge in [0.25, 0.3) is 5.85 Å². The van der Waals surface area contributed by atoms with Gasteiger partial charge >= 0.3 is 13.7 Å². The van der Waals surface area contributed by atoms with Crippen molar-refractivity contribution < 1.29 is 41.8 Å². The number of rotatable bonds is 11. The van der Waals surface area contributed by atoms with E-state index in [0.717, 1.165) is 17.8 Å². The minimum Gasteiger partial charge on any atom is -0.465 e. The number of ether oxygens (including phenoxy) is 2. The molecule has 0 aliphatic carbocycles. The summed E-state index contributed by atoms with van der Waals surface area (Å²) < 4.78 is 67.8. The van der Waals surface area contributed by atoms with Crippen molar-refractivity contribution in [2.75, 3.05) is 31.3 Å². The first-order valence-corrected chi connectivity index (χ1v) is 13.7. The fourth-order valence-electron chi connectivity index (χ4n) is 4.08. The molecule has 14 nitrogen and oxygen atoms in total. The molecule has 5 N–H and O–H groups in total. The zero-order valence-electron chi connectivity index (χ0n) is 22.1. The highest BCUT2D eigenvalue weighted by molar-refractivity contribution is 7.52. The molecular weight excluding hydrogens is 555 g/mol. The van der Waals surface area contributed by atoms with Gasteiger partial charge < -0.3 is 30.2 Å². The zero-order valence-corrected chi connectivity index (χ0v) is 23.0. The van der Waals surface area contributed by atoms with Gasteiger partial charge in [0.2, 0.25) is 5.95 Å². The van der Waals surface area contributed by atoms with E-state index in [2.05, 4.69) is 25.4 Å². The molecule has 1 aliphatic rings. The van der Waals surface area contributed by atoms with Gasteiger partial charge in [0.1, 0.15) is 18.4 Å². The first kappa shape index (κ1) is 29.6. The van der Waals surface area contributed by atoms with E-state index >= 15 is 8.78 Å². The number of nitrogens with two attached hydrogens (primary N) is 1. The van der Waals surface area contributed by atoms with Crippen molar-refractivity contribution in [2.45, 2.75) is 50.7 Å². The number of anilines is 2. The van der Waals surface area contributed by atoms with Crippen LogP contribution in [0.1, 0.15) is 27.0 Å². The van der Waals surface area contributed by atoms with Crippen LogP contribution in [-0.2, 0) is 23.4 Å². The van der Waals surface area contributed by atoms with Crippen molar-refractivity contribution in [2.24, 2.45) is 0 Å². The summed E-state index contributed by atoms with van der Waals surface area (Å²) in [4.78, 5) is 24.3. The second kappa shape index (κ2) is 11.2. The maximum Gasteiger partial charge on any atom is 0.459 e. The molecule has 2 aromatic heterocycles. The van der Waals surface area contributed by atoms with E-state index in [0.29, 0.717) is 0 Å². The number of halogens is 2. The molecule has 3 heterocycles. The lowest BCUT2D eigenvalue weighted by atomic mass is 9.97. The number of aliphatic hydroxyl groups is 1. The quantitative estimate of drug-likeness (QED) is 0.190.